The Labute approximate surface area is 142 Å². The zero-order valence-corrected chi connectivity index (χ0v) is 14.1. The van der Waals surface area contributed by atoms with Crippen LogP contribution < -0.4 is 0 Å². The second-order valence-corrected chi connectivity index (χ2v) is 7.47. The zero-order chi connectivity index (χ0) is 16.7. The molecule has 6 heteroatoms. The summed E-state index contributed by atoms with van der Waals surface area (Å²) in [4.78, 5) is 37.9. The van der Waals surface area contributed by atoms with Crippen molar-refractivity contribution in [2.75, 3.05) is 19.6 Å². The highest BCUT2D eigenvalue weighted by molar-refractivity contribution is 5.93. The van der Waals surface area contributed by atoms with Crippen molar-refractivity contribution >= 4 is 11.8 Å². The molecule has 3 saturated heterocycles. The summed E-state index contributed by atoms with van der Waals surface area (Å²) in [6, 6.07) is 0.166. The van der Waals surface area contributed by atoms with Crippen LogP contribution in [0.5, 0.6) is 0 Å². The molecule has 1 aromatic rings. The van der Waals surface area contributed by atoms with Crippen LogP contribution in [0.1, 0.15) is 48.3 Å². The number of amides is 2. The number of aromatic nitrogens is 2. The molecule has 6 nitrogen and oxygen atoms in total. The predicted molar refractivity (Wildman–Crippen MR) is 88.2 cm³/mol. The van der Waals surface area contributed by atoms with E-state index < -0.39 is 0 Å². The molecule has 5 rings (SSSR count). The Morgan fingerprint density at radius 2 is 2.00 bits per heavy atom. The van der Waals surface area contributed by atoms with E-state index in [1.54, 1.807) is 12.4 Å². The van der Waals surface area contributed by atoms with Gasteiger partial charge in [0, 0.05) is 31.9 Å². The Morgan fingerprint density at radius 1 is 1.17 bits per heavy atom. The van der Waals surface area contributed by atoms with E-state index in [9.17, 15) is 9.59 Å². The topological polar surface area (TPSA) is 66.4 Å². The SMILES string of the molecule is Cc1cnc(C(=O)N2CC3CCC(C2)N(CC2CCC2)C3=O)cn1. The summed E-state index contributed by atoms with van der Waals surface area (Å²) < 4.78 is 0. The van der Waals surface area contributed by atoms with Gasteiger partial charge in [0.25, 0.3) is 5.91 Å². The Kier molecular flexibility index (Phi) is 3.98. The first kappa shape index (κ1) is 15.5. The smallest absolute Gasteiger partial charge is 0.274 e. The van der Waals surface area contributed by atoms with Crippen molar-refractivity contribution < 1.29 is 9.59 Å². The second kappa shape index (κ2) is 6.15. The average Bonchev–Trinajstić information content (AvgIpc) is 2.83. The van der Waals surface area contributed by atoms with Crippen molar-refractivity contribution in [1.29, 1.82) is 0 Å². The van der Waals surface area contributed by atoms with Gasteiger partial charge in [0.05, 0.1) is 17.8 Å². The zero-order valence-electron chi connectivity index (χ0n) is 14.1. The van der Waals surface area contributed by atoms with Crippen molar-refractivity contribution in [3.8, 4) is 0 Å². The van der Waals surface area contributed by atoms with Gasteiger partial charge in [-0.2, -0.15) is 0 Å². The van der Waals surface area contributed by atoms with Gasteiger partial charge < -0.3 is 9.80 Å². The monoisotopic (exact) mass is 328 g/mol. The summed E-state index contributed by atoms with van der Waals surface area (Å²) in [6.07, 6.45) is 8.83. The minimum Gasteiger partial charge on any atom is -0.337 e. The maximum absolute atomic E-state index is 12.8. The summed E-state index contributed by atoms with van der Waals surface area (Å²) in [5.41, 5.74) is 1.17. The van der Waals surface area contributed by atoms with Crippen LogP contribution in [0, 0.1) is 18.8 Å². The number of fused-ring (bicyclic) bond motifs is 4. The van der Waals surface area contributed by atoms with Crippen LogP contribution in [0.25, 0.3) is 0 Å². The van der Waals surface area contributed by atoms with Crippen molar-refractivity contribution in [2.24, 2.45) is 11.8 Å². The molecule has 4 heterocycles. The molecular weight excluding hydrogens is 304 g/mol. The van der Waals surface area contributed by atoms with Crippen LogP contribution in [-0.2, 0) is 4.79 Å². The predicted octanol–water partition coefficient (Wildman–Crippen LogP) is 1.65. The van der Waals surface area contributed by atoms with E-state index in [4.69, 9.17) is 0 Å². The van der Waals surface area contributed by atoms with Crippen LogP contribution in [0.3, 0.4) is 0 Å². The molecule has 0 radical (unpaired) electrons. The highest BCUT2D eigenvalue weighted by atomic mass is 16.2. The molecule has 3 aliphatic heterocycles. The average molecular weight is 328 g/mol. The normalized spacial score (nSPS) is 27.1. The van der Waals surface area contributed by atoms with Gasteiger partial charge >= 0.3 is 0 Å². The molecule has 2 amide bonds. The van der Waals surface area contributed by atoms with Crippen LogP contribution in [0.4, 0.5) is 0 Å². The van der Waals surface area contributed by atoms with Gasteiger partial charge in [-0.05, 0) is 38.5 Å². The molecule has 128 valence electrons. The Hall–Kier alpha value is -1.98. The van der Waals surface area contributed by atoms with Gasteiger partial charge in [-0.3, -0.25) is 14.6 Å². The third kappa shape index (κ3) is 2.78. The maximum Gasteiger partial charge on any atom is 0.274 e. The van der Waals surface area contributed by atoms with Crippen molar-refractivity contribution in [3.63, 3.8) is 0 Å². The minimum atomic E-state index is -0.0994. The number of rotatable bonds is 3. The van der Waals surface area contributed by atoms with Gasteiger partial charge in [0.1, 0.15) is 5.69 Å². The van der Waals surface area contributed by atoms with E-state index in [2.05, 4.69) is 14.9 Å². The lowest BCUT2D eigenvalue weighted by Gasteiger charge is -2.40. The van der Waals surface area contributed by atoms with Crippen molar-refractivity contribution in [1.82, 2.24) is 19.8 Å². The minimum absolute atomic E-state index is 0.0498. The Bertz CT molecular complexity index is 641. The fraction of sp³-hybridized carbons (Fsp3) is 0.667. The lowest BCUT2D eigenvalue weighted by atomic mass is 9.83. The molecule has 0 N–H and O–H groups in total. The fourth-order valence-corrected chi connectivity index (χ4v) is 4.06. The number of piperidine rings is 1. The number of hydrogen-bond donors (Lipinski definition) is 0. The summed E-state index contributed by atoms with van der Waals surface area (Å²) in [6.45, 7) is 3.88. The van der Waals surface area contributed by atoms with E-state index in [1.165, 1.54) is 19.3 Å². The van der Waals surface area contributed by atoms with Crippen LogP contribution >= 0.6 is 0 Å². The van der Waals surface area contributed by atoms with E-state index >= 15 is 0 Å². The number of nitrogens with zero attached hydrogens (tertiary/aromatic N) is 4. The molecule has 0 aromatic carbocycles. The molecular formula is C18H24N4O2. The Morgan fingerprint density at radius 3 is 2.67 bits per heavy atom. The molecule has 2 unspecified atom stereocenters. The van der Waals surface area contributed by atoms with Gasteiger partial charge in [-0.25, -0.2) is 4.98 Å². The molecule has 1 aliphatic carbocycles. The van der Waals surface area contributed by atoms with E-state index in [0.29, 0.717) is 24.7 Å². The first-order valence-corrected chi connectivity index (χ1v) is 9.00. The first-order valence-electron chi connectivity index (χ1n) is 9.00. The standard InChI is InChI=1S/C18H24N4O2/c1-12-7-20-16(8-19-12)18(24)21-10-14-5-6-15(11-21)22(17(14)23)9-13-3-2-4-13/h7-8,13-15H,2-6,9-11H2,1H3. The Balaban J connectivity index is 1.51. The van der Waals surface area contributed by atoms with Crippen LogP contribution in [0.2, 0.25) is 0 Å². The van der Waals surface area contributed by atoms with Crippen LogP contribution in [-0.4, -0.2) is 57.3 Å². The highest BCUT2D eigenvalue weighted by Gasteiger charge is 2.43. The quantitative estimate of drug-likeness (QED) is 0.846. The number of carbonyl (C=O) groups excluding carboxylic acids is 2. The molecule has 4 aliphatic rings. The number of hydrogen-bond acceptors (Lipinski definition) is 4. The first-order chi connectivity index (χ1) is 11.6. The third-order valence-corrected chi connectivity index (χ3v) is 5.76. The lowest BCUT2D eigenvalue weighted by Crippen LogP contribution is -2.50. The molecule has 4 fully saturated rings. The summed E-state index contributed by atoms with van der Waals surface area (Å²) >= 11 is 0. The molecule has 1 saturated carbocycles. The van der Waals surface area contributed by atoms with Crippen molar-refractivity contribution in [3.05, 3.63) is 23.8 Å². The van der Waals surface area contributed by atoms with Crippen LogP contribution in [0.15, 0.2) is 12.4 Å². The fourth-order valence-electron chi connectivity index (χ4n) is 4.06. The third-order valence-electron chi connectivity index (χ3n) is 5.76. The second-order valence-electron chi connectivity index (χ2n) is 7.47. The summed E-state index contributed by atoms with van der Waals surface area (Å²) in [7, 11) is 0. The largest absolute Gasteiger partial charge is 0.337 e. The molecule has 2 bridgehead atoms. The molecule has 1 aromatic heterocycles. The van der Waals surface area contributed by atoms with Gasteiger partial charge in [0.2, 0.25) is 5.91 Å². The van der Waals surface area contributed by atoms with Crippen molar-refractivity contribution in [2.45, 2.75) is 45.1 Å². The lowest BCUT2D eigenvalue weighted by molar-refractivity contribution is -0.141. The number of carbonyl (C=O) groups is 2. The van der Waals surface area contributed by atoms with E-state index in [-0.39, 0.29) is 23.8 Å². The van der Waals surface area contributed by atoms with Gasteiger partial charge in [-0.15, -0.1) is 0 Å². The number of aryl methyl sites for hydroxylation is 1. The molecule has 24 heavy (non-hydrogen) atoms. The van der Waals surface area contributed by atoms with Gasteiger partial charge in [0.15, 0.2) is 0 Å². The molecule has 0 spiro atoms. The van der Waals surface area contributed by atoms with E-state index in [1.807, 2.05) is 11.8 Å². The van der Waals surface area contributed by atoms with Gasteiger partial charge in [-0.1, -0.05) is 6.42 Å². The van der Waals surface area contributed by atoms with E-state index in [0.717, 1.165) is 25.1 Å². The summed E-state index contributed by atoms with van der Waals surface area (Å²) in [5.74, 6) is 0.771. The summed E-state index contributed by atoms with van der Waals surface area (Å²) in [5, 5.41) is 0. The maximum atomic E-state index is 12.8. The highest BCUT2D eigenvalue weighted by Crippen LogP contribution is 2.34. The molecule has 2 atom stereocenters.